The van der Waals surface area contributed by atoms with E-state index in [1.807, 2.05) is 17.9 Å². The minimum absolute atomic E-state index is 0.342. The molecule has 0 amide bonds. The third kappa shape index (κ3) is 3.70. The fourth-order valence-electron chi connectivity index (χ4n) is 2.57. The van der Waals surface area contributed by atoms with E-state index in [0.717, 1.165) is 12.8 Å². The molecule has 0 spiro atoms. The zero-order valence-electron chi connectivity index (χ0n) is 12.9. The van der Waals surface area contributed by atoms with Crippen molar-refractivity contribution in [3.05, 3.63) is 53.3 Å². The van der Waals surface area contributed by atoms with Gasteiger partial charge in [-0.3, -0.25) is 4.68 Å². The van der Waals surface area contributed by atoms with Crippen LogP contribution in [0.2, 0.25) is 0 Å². The second kappa shape index (κ2) is 6.71. The molecule has 0 saturated heterocycles. The Bertz CT molecular complexity index is 530. The minimum atomic E-state index is 0.342. The molecule has 108 valence electrons. The molecule has 2 unspecified atom stereocenters. The van der Waals surface area contributed by atoms with Crippen molar-refractivity contribution in [3.63, 3.8) is 0 Å². The molecule has 0 saturated carbocycles. The lowest BCUT2D eigenvalue weighted by Crippen LogP contribution is -2.29. The van der Waals surface area contributed by atoms with Crippen LogP contribution in [0, 0.1) is 6.92 Å². The van der Waals surface area contributed by atoms with Crippen molar-refractivity contribution in [1.29, 1.82) is 0 Å². The van der Waals surface area contributed by atoms with E-state index >= 15 is 0 Å². The molecule has 0 aliphatic rings. The van der Waals surface area contributed by atoms with Gasteiger partial charge in [0.1, 0.15) is 0 Å². The van der Waals surface area contributed by atoms with Gasteiger partial charge in [0.2, 0.25) is 0 Å². The lowest BCUT2D eigenvalue weighted by atomic mass is 10.0. The molecule has 3 heteroatoms. The number of aryl methyl sites for hydroxylation is 2. The van der Waals surface area contributed by atoms with Crippen LogP contribution in [0.25, 0.3) is 0 Å². The van der Waals surface area contributed by atoms with Crippen LogP contribution in [0.5, 0.6) is 0 Å². The van der Waals surface area contributed by atoms with E-state index in [1.165, 1.54) is 16.8 Å². The van der Waals surface area contributed by atoms with Gasteiger partial charge in [-0.2, -0.15) is 5.10 Å². The van der Waals surface area contributed by atoms with Gasteiger partial charge in [-0.1, -0.05) is 30.3 Å². The van der Waals surface area contributed by atoms with Crippen LogP contribution in [0.1, 0.15) is 43.1 Å². The smallest absolute Gasteiger partial charge is 0.0540 e. The molecule has 20 heavy (non-hydrogen) atoms. The third-order valence-corrected chi connectivity index (χ3v) is 3.98. The Hall–Kier alpha value is -1.61. The fraction of sp³-hybridized carbons (Fsp3) is 0.471. The molecule has 0 aliphatic heterocycles. The Morgan fingerprint density at radius 1 is 1.20 bits per heavy atom. The van der Waals surface area contributed by atoms with Crippen molar-refractivity contribution in [2.24, 2.45) is 7.05 Å². The van der Waals surface area contributed by atoms with Crippen molar-refractivity contribution in [2.45, 2.75) is 45.7 Å². The van der Waals surface area contributed by atoms with Crippen LogP contribution < -0.4 is 5.32 Å². The Labute approximate surface area is 122 Å². The van der Waals surface area contributed by atoms with Crippen LogP contribution >= 0.6 is 0 Å². The largest absolute Gasteiger partial charge is 0.308 e. The Balaban J connectivity index is 1.85. The van der Waals surface area contributed by atoms with Gasteiger partial charge in [-0.05, 0) is 39.2 Å². The summed E-state index contributed by atoms with van der Waals surface area (Å²) in [5.41, 5.74) is 3.94. The Morgan fingerprint density at radius 3 is 2.50 bits per heavy atom. The highest BCUT2D eigenvalue weighted by Crippen LogP contribution is 2.17. The number of nitrogens with one attached hydrogen (secondary N) is 1. The standard InChI is InChI=1S/C17H25N3/c1-13(10-11-16-8-6-5-7-9-16)19-14(2)17-12-18-20(4)15(17)3/h5-9,12-14,19H,10-11H2,1-4H3. The summed E-state index contributed by atoms with van der Waals surface area (Å²) in [6.45, 7) is 6.59. The molecule has 3 nitrogen and oxygen atoms in total. The van der Waals surface area contributed by atoms with Crippen LogP contribution in [0.4, 0.5) is 0 Å². The van der Waals surface area contributed by atoms with E-state index in [0.29, 0.717) is 12.1 Å². The predicted molar refractivity (Wildman–Crippen MR) is 83.7 cm³/mol. The maximum atomic E-state index is 4.31. The van der Waals surface area contributed by atoms with Gasteiger partial charge in [-0.15, -0.1) is 0 Å². The summed E-state index contributed by atoms with van der Waals surface area (Å²) < 4.78 is 1.93. The molecule has 0 fully saturated rings. The highest BCUT2D eigenvalue weighted by Gasteiger charge is 2.14. The zero-order valence-corrected chi connectivity index (χ0v) is 12.9. The molecule has 0 radical (unpaired) electrons. The van der Waals surface area contributed by atoms with E-state index in [4.69, 9.17) is 0 Å². The summed E-state index contributed by atoms with van der Waals surface area (Å²) in [6, 6.07) is 11.5. The highest BCUT2D eigenvalue weighted by atomic mass is 15.3. The van der Waals surface area contributed by atoms with Gasteiger partial charge >= 0.3 is 0 Å². The normalized spacial score (nSPS) is 14.2. The summed E-state index contributed by atoms with van der Waals surface area (Å²) in [6.07, 6.45) is 4.23. The van der Waals surface area contributed by atoms with E-state index in [2.05, 4.69) is 61.5 Å². The number of aromatic nitrogens is 2. The second-order valence-corrected chi connectivity index (χ2v) is 5.62. The number of benzene rings is 1. The van der Waals surface area contributed by atoms with Crippen molar-refractivity contribution >= 4 is 0 Å². The zero-order chi connectivity index (χ0) is 14.5. The quantitative estimate of drug-likeness (QED) is 0.872. The first-order valence-corrected chi connectivity index (χ1v) is 7.36. The summed E-state index contributed by atoms with van der Waals surface area (Å²) in [7, 11) is 1.99. The van der Waals surface area contributed by atoms with E-state index in [-0.39, 0.29) is 0 Å². The van der Waals surface area contributed by atoms with E-state index < -0.39 is 0 Å². The van der Waals surface area contributed by atoms with Crippen molar-refractivity contribution in [2.75, 3.05) is 0 Å². The Morgan fingerprint density at radius 2 is 1.90 bits per heavy atom. The second-order valence-electron chi connectivity index (χ2n) is 5.62. The molecule has 0 bridgehead atoms. The molecule has 0 aliphatic carbocycles. The average Bonchev–Trinajstić information content (AvgIpc) is 2.78. The maximum Gasteiger partial charge on any atom is 0.0540 e. The van der Waals surface area contributed by atoms with Gasteiger partial charge in [0.05, 0.1) is 6.20 Å². The maximum absolute atomic E-state index is 4.31. The van der Waals surface area contributed by atoms with E-state index in [9.17, 15) is 0 Å². The summed E-state index contributed by atoms with van der Waals surface area (Å²) >= 11 is 0. The average molecular weight is 271 g/mol. The van der Waals surface area contributed by atoms with Crippen LogP contribution in [0.3, 0.4) is 0 Å². The number of nitrogens with zero attached hydrogens (tertiary/aromatic N) is 2. The number of hydrogen-bond donors (Lipinski definition) is 1. The van der Waals surface area contributed by atoms with Crippen molar-refractivity contribution in [1.82, 2.24) is 15.1 Å². The molecule has 1 N–H and O–H groups in total. The first-order chi connectivity index (χ1) is 9.58. The molecular formula is C17H25N3. The summed E-state index contributed by atoms with van der Waals surface area (Å²) in [4.78, 5) is 0. The monoisotopic (exact) mass is 271 g/mol. The molecule has 2 atom stereocenters. The van der Waals surface area contributed by atoms with Gasteiger partial charge < -0.3 is 5.32 Å². The number of hydrogen-bond acceptors (Lipinski definition) is 2. The highest BCUT2D eigenvalue weighted by molar-refractivity contribution is 5.20. The van der Waals surface area contributed by atoms with Crippen molar-refractivity contribution < 1.29 is 0 Å². The van der Waals surface area contributed by atoms with Gasteiger partial charge in [-0.25, -0.2) is 0 Å². The fourth-order valence-corrected chi connectivity index (χ4v) is 2.57. The third-order valence-electron chi connectivity index (χ3n) is 3.98. The lowest BCUT2D eigenvalue weighted by molar-refractivity contribution is 0.455. The topological polar surface area (TPSA) is 29.9 Å². The number of rotatable bonds is 6. The summed E-state index contributed by atoms with van der Waals surface area (Å²) in [5, 5.41) is 7.98. The lowest BCUT2D eigenvalue weighted by Gasteiger charge is -2.20. The SMILES string of the molecule is Cc1c(C(C)NC(C)CCc2ccccc2)cnn1C. The van der Waals surface area contributed by atoms with Crippen molar-refractivity contribution in [3.8, 4) is 0 Å². The Kier molecular flexibility index (Phi) is 4.96. The van der Waals surface area contributed by atoms with Gasteiger partial charge in [0, 0.05) is 30.4 Å². The molecular weight excluding hydrogens is 246 g/mol. The first kappa shape index (κ1) is 14.8. The van der Waals surface area contributed by atoms with E-state index in [1.54, 1.807) is 0 Å². The molecule has 1 heterocycles. The molecule has 1 aromatic carbocycles. The molecule has 1 aromatic heterocycles. The van der Waals surface area contributed by atoms with Crippen LogP contribution in [-0.4, -0.2) is 15.8 Å². The van der Waals surface area contributed by atoms with Gasteiger partial charge in [0.15, 0.2) is 0 Å². The van der Waals surface area contributed by atoms with Crippen LogP contribution in [-0.2, 0) is 13.5 Å². The minimum Gasteiger partial charge on any atom is -0.308 e. The first-order valence-electron chi connectivity index (χ1n) is 7.36. The predicted octanol–water partition coefficient (Wildman–Crippen LogP) is 3.40. The van der Waals surface area contributed by atoms with Gasteiger partial charge in [0.25, 0.3) is 0 Å². The molecule has 2 aromatic rings. The molecule has 2 rings (SSSR count). The summed E-state index contributed by atoms with van der Waals surface area (Å²) in [5.74, 6) is 0. The van der Waals surface area contributed by atoms with Crippen LogP contribution in [0.15, 0.2) is 36.5 Å².